The van der Waals surface area contributed by atoms with Gasteiger partial charge in [0.15, 0.2) is 0 Å². The highest BCUT2D eigenvalue weighted by molar-refractivity contribution is 6.31. The Labute approximate surface area is 127 Å². The number of halogens is 2. The van der Waals surface area contributed by atoms with E-state index < -0.39 is 5.41 Å². The first-order valence-corrected chi connectivity index (χ1v) is 7.06. The summed E-state index contributed by atoms with van der Waals surface area (Å²) in [5.41, 5.74) is 1.11. The largest absolute Gasteiger partial charge is 0.492 e. The molecule has 0 amide bonds. The van der Waals surface area contributed by atoms with Crippen molar-refractivity contribution in [2.24, 2.45) is 5.41 Å². The summed E-state index contributed by atoms with van der Waals surface area (Å²) in [6.07, 6.45) is 1.05. The molecular formula is C17H13ClFNO. The number of benzene rings is 2. The Morgan fingerprint density at radius 3 is 2.86 bits per heavy atom. The monoisotopic (exact) mass is 301 g/mol. The van der Waals surface area contributed by atoms with Gasteiger partial charge in [0.1, 0.15) is 18.2 Å². The average molecular weight is 302 g/mol. The van der Waals surface area contributed by atoms with E-state index >= 15 is 0 Å². The quantitative estimate of drug-likeness (QED) is 0.834. The SMILES string of the molecule is N#CC1(Cc2ccc(F)cc2Cl)COc2ccccc2C1. The molecule has 0 radical (unpaired) electrons. The van der Waals surface area contributed by atoms with Crippen LogP contribution in [0.25, 0.3) is 0 Å². The molecule has 4 heteroatoms. The second kappa shape index (κ2) is 5.38. The third-order valence-corrected chi connectivity index (χ3v) is 4.14. The molecule has 1 heterocycles. The molecule has 0 fully saturated rings. The molecule has 0 saturated heterocycles. The Morgan fingerprint density at radius 2 is 2.10 bits per heavy atom. The van der Waals surface area contributed by atoms with Gasteiger partial charge in [0.2, 0.25) is 0 Å². The van der Waals surface area contributed by atoms with Crippen LogP contribution >= 0.6 is 11.6 Å². The van der Waals surface area contributed by atoms with Crippen molar-refractivity contribution in [2.45, 2.75) is 12.8 Å². The predicted octanol–water partition coefficient (Wildman–Crippen LogP) is 4.17. The summed E-state index contributed by atoms with van der Waals surface area (Å²) in [6, 6.07) is 14.4. The lowest BCUT2D eigenvalue weighted by Crippen LogP contribution is -2.35. The number of hydrogen-bond donors (Lipinski definition) is 0. The zero-order valence-electron chi connectivity index (χ0n) is 11.3. The molecule has 0 spiro atoms. The number of ether oxygens (including phenoxy) is 1. The van der Waals surface area contributed by atoms with Gasteiger partial charge in [-0.05, 0) is 42.2 Å². The molecular weight excluding hydrogens is 289 g/mol. The van der Waals surface area contributed by atoms with Crippen LogP contribution in [0.5, 0.6) is 5.75 Å². The van der Waals surface area contributed by atoms with Crippen molar-refractivity contribution in [3.05, 3.63) is 64.4 Å². The van der Waals surface area contributed by atoms with Gasteiger partial charge in [0.05, 0.1) is 11.5 Å². The van der Waals surface area contributed by atoms with Gasteiger partial charge < -0.3 is 4.74 Å². The molecule has 0 N–H and O–H groups in total. The first kappa shape index (κ1) is 13.9. The van der Waals surface area contributed by atoms with E-state index in [1.165, 1.54) is 12.1 Å². The van der Waals surface area contributed by atoms with Crippen LogP contribution in [0.2, 0.25) is 5.02 Å². The highest BCUT2D eigenvalue weighted by Crippen LogP contribution is 2.37. The van der Waals surface area contributed by atoms with E-state index in [1.54, 1.807) is 6.07 Å². The maximum Gasteiger partial charge on any atom is 0.124 e. The minimum Gasteiger partial charge on any atom is -0.492 e. The van der Waals surface area contributed by atoms with Crippen molar-refractivity contribution < 1.29 is 9.13 Å². The zero-order valence-corrected chi connectivity index (χ0v) is 12.0. The van der Waals surface area contributed by atoms with Gasteiger partial charge in [-0.1, -0.05) is 35.9 Å². The molecule has 2 aromatic rings. The van der Waals surface area contributed by atoms with E-state index in [2.05, 4.69) is 6.07 Å². The molecule has 2 aromatic carbocycles. The first-order valence-electron chi connectivity index (χ1n) is 6.68. The van der Waals surface area contributed by atoms with Gasteiger partial charge >= 0.3 is 0 Å². The molecule has 1 aliphatic rings. The van der Waals surface area contributed by atoms with Crippen LogP contribution in [0.3, 0.4) is 0 Å². The number of nitriles is 1. The lowest BCUT2D eigenvalue weighted by atomic mass is 9.77. The van der Waals surface area contributed by atoms with Crippen molar-refractivity contribution in [2.75, 3.05) is 6.61 Å². The van der Waals surface area contributed by atoms with E-state index in [0.717, 1.165) is 16.9 Å². The first-order chi connectivity index (χ1) is 10.1. The Kier molecular flexibility index (Phi) is 3.57. The fourth-order valence-corrected chi connectivity index (χ4v) is 2.91. The molecule has 0 aromatic heterocycles. The zero-order chi connectivity index (χ0) is 14.9. The third-order valence-electron chi connectivity index (χ3n) is 3.79. The number of para-hydroxylation sites is 1. The smallest absolute Gasteiger partial charge is 0.124 e. The molecule has 1 aliphatic heterocycles. The molecule has 106 valence electrons. The van der Waals surface area contributed by atoms with Crippen LogP contribution in [0.1, 0.15) is 11.1 Å². The van der Waals surface area contributed by atoms with E-state index in [0.29, 0.717) is 24.5 Å². The summed E-state index contributed by atoms with van der Waals surface area (Å²) < 4.78 is 18.9. The summed E-state index contributed by atoms with van der Waals surface area (Å²) in [7, 11) is 0. The summed E-state index contributed by atoms with van der Waals surface area (Å²) in [5, 5.41) is 9.98. The minimum absolute atomic E-state index is 0.314. The lowest BCUT2D eigenvalue weighted by Gasteiger charge is -2.32. The van der Waals surface area contributed by atoms with Crippen molar-refractivity contribution >= 4 is 11.6 Å². The third kappa shape index (κ3) is 2.72. The van der Waals surface area contributed by atoms with Crippen LogP contribution in [0.15, 0.2) is 42.5 Å². The normalized spacial score (nSPS) is 20.2. The van der Waals surface area contributed by atoms with Gasteiger partial charge in [-0.25, -0.2) is 4.39 Å². The van der Waals surface area contributed by atoms with Gasteiger partial charge in [-0.2, -0.15) is 5.26 Å². The van der Waals surface area contributed by atoms with Crippen LogP contribution < -0.4 is 4.74 Å². The average Bonchev–Trinajstić information content (AvgIpc) is 2.50. The lowest BCUT2D eigenvalue weighted by molar-refractivity contribution is 0.169. The van der Waals surface area contributed by atoms with Crippen molar-refractivity contribution in [3.63, 3.8) is 0 Å². The highest BCUT2D eigenvalue weighted by atomic mass is 35.5. The second-order valence-electron chi connectivity index (χ2n) is 5.38. The molecule has 2 nitrogen and oxygen atoms in total. The molecule has 0 saturated carbocycles. The van der Waals surface area contributed by atoms with Gasteiger partial charge in [0, 0.05) is 5.02 Å². The van der Waals surface area contributed by atoms with E-state index in [9.17, 15) is 9.65 Å². The maximum absolute atomic E-state index is 13.1. The summed E-state index contributed by atoms with van der Waals surface area (Å²) >= 11 is 6.08. The maximum atomic E-state index is 13.1. The van der Waals surface area contributed by atoms with Crippen molar-refractivity contribution in [1.82, 2.24) is 0 Å². The van der Waals surface area contributed by atoms with Crippen molar-refractivity contribution in [3.8, 4) is 11.8 Å². The Hall–Kier alpha value is -2.05. The van der Waals surface area contributed by atoms with Crippen LogP contribution in [0.4, 0.5) is 4.39 Å². The fourth-order valence-electron chi connectivity index (χ4n) is 2.68. The molecule has 1 unspecified atom stereocenters. The van der Waals surface area contributed by atoms with E-state index in [-0.39, 0.29) is 5.82 Å². The number of nitrogens with zero attached hydrogens (tertiary/aromatic N) is 1. The summed E-state index contributed by atoms with van der Waals surface area (Å²) in [5.74, 6) is 0.452. The van der Waals surface area contributed by atoms with Crippen LogP contribution in [-0.2, 0) is 12.8 Å². The molecule has 3 rings (SSSR count). The molecule has 21 heavy (non-hydrogen) atoms. The number of rotatable bonds is 2. The molecule has 1 atom stereocenters. The van der Waals surface area contributed by atoms with E-state index in [4.69, 9.17) is 16.3 Å². The minimum atomic E-state index is -0.671. The van der Waals surface area contributed by atoms with Crippen LogP contribution in [-0.4, -0.2) is 6.61 Å². The van der Waals surface area contributed by atoms with E-state index in [1.807, 2.05) is 24.3 Å². The Morgan fingerprint density at radius 1 is 1.29 bits per heavy atom. The van der Waals surface area contributed by atoms with Crippen molar-refractivity contribution in [1.29, 1.82) is 5.26 Å². The topological polar surface area (TPSA) is 33.0 Å². The van der Waals surface area contributed by atoms with Gasteiger partial charge in [0.25, 0.3) is 0 Å². The number of fused-ring (bicyclic) bond motifs is 1. The number of hydrogen-bond acceptors (Lipinski definition) is 2. The Balaban J connectivity index is 1.91. The standard InChI is InChI=1S/C17H13ClFNO/c18-15-7-14(19)6-5-12(15)8-17(10-20)9-13-3-1-2-4-16(13)21-11-17/h1-7H,8-9,11H2. The Bertz CT molecular complexity index is 725. The van der Waals surface area contributed by atoms with Gasteiger partial charge in [-0.3, -0.25) is 0 Å². The fraction of sp³-hybridized carbons (Fsp3) is 0.235. The summed E-state index contributed by atoms with van der Waals surface area (Å²) in [6.45, 7) is 0.314. The van der Waals surface area contributed by atoms with Gasteiger partial charge in [-0.15, -0.1) is 0 Å². The highest BCUT2D eigenvalue weighted by Gasteiger charge is 2.36. The van der Waals surface area contributed by atoms with Crippen LogP contribution in [0, 0.1) is 22.6 Å². The predicted molar refractivity (Wildman–Crippen MR) is 78.8 cm³/mol. The second-order valence-corrected chi connectivity index (χ2v) is 5.79. The molecule has 0 bridgehead atoms. The summed E-state index contributed by atoms with van der Waals surface area (Å²) in [4.78, 5) is 0. The molecule has 0 aliphatic carbocycles.